The number of methoxy groups -OCH3 is 1. The second-order valence-electron chi connectivity index (χ2n) is 6.04. The maximum atomic E-state index is 12.8. The van der Waals surface area contributed by atoms with Gasteiger partial charge in [-0.05, 0) is 6.42 Å². The van der Waals surface area contributed by atoms with Gasteiger partial charge in [0.15, 0.2) is 0 Å². The predicted molar refractivity (Wildman–Crippen MR) is 93.1 cm³/mol. The zero-order valence-corrected chi connectivity index (χ0v) is 15.8. The fourth-order valence-electron chi connectivity index (χ4n) is 3.18. The lowest BCUT2D eigenvalue weighted by atomic mass is 10.2. The number of halogens is 1. The van der Waals surface area contributed by atoms with Crippen LogP contribution in [0.1, 0.15) is 6.42 Å². The van der Waals surface area contributed by atoms with Gasteiger partial charge in [-0.15, -0.1) is 12.4 Å². The van der Waals surface area contributed by atoms with E-state index in [0.29, 0.717) is 13.1 Å². The predicted octanol–water partition coefficient (Wildman–Crippen LogP) is -0.854. The molecule has 9 nitrogen and oxygen atoms in total. The molecular weight excluding hydrogens is 370 g/mol. The number of ether oxygens (including phenoxy) is 1. The van der Waals surface area contributed by atoms with E-state index in [2.05, 4.69) is 20.1 Å². The fourth-order valence-corrected chi connectivity index (χ4v) is 4.63. The number of nitrogens with zero attached hydrogens (tertiary/aromatic N) is 4. The second kappa shape index (κ2) is 8.45. The van der Waals surface area contributed by atoms with Crippen molar-refractivity contribution in [1.82, 2.24) is 24.3 Å². The first-order valence-electron chi connectivity index (χ1n) is 8.05. The summed E-state index contributed by atoms with van der Waals surface area (Å²) in [7, 11) is -2.29. The summed E-state index contributed by atoms with van der Waals surface area (Å²) < 4.78 is 32.9. The van der Waals surface area contributed by atoms with E-state index in [9.17, 15) is 13.2 Å². The van der Waals surface area contributed by atoms with Crippen molar-refractivity contribution in [1.29, 1.82) is 0 Å². The summed E-state index contributed by atoms with van der Waals surface area (Å²) in [6.45, 7) is 4.72. The van der Waals surface area contributed by atoms with Gasteiger partial charge in [-0.25, -0.2) is 8.42 Å². The number of carbonyl (C=O) groups excluding carboxylic acids is 1. The number of aromatic nitrogens is 2. The smallest absolute Gasteiger partial charge is 0.327 e. The van der Waals surface area contributed by atoms with Crippen molar-refractivity contribution < 1.29 is 17.9 Å². The van der Waals surface area contributed by atoms with Gasteiger partial charge in [0.25, 0.3) is 0 Å². The summed E-state index contributed by atoms with van der Waals surface area (Å²) in [6, 6.07) is 0.270. The van der Waals surface area contributed by atoms with Crippen LogP contribution < -0.4 is 5.32 Å². The zero-order valence-electron chi connectivity index (χ0n) is 14.1. The van der Waals surface area contributed by atoms with E-state index in [1.54, 1.807) is 0 Å². The summed E-state index contributed by atoms with van der Waals surface area (Å²) in [4.78, 5) is 13.7. The minimum atomic E-state index is -3.58. The minimum Gasteiger partial charge on any atom is -0.468 e. The molecule has 0 bridgehead atoms. The van der Waals surface area contributed by atoms with Crippen LogP contribution in [-0.2, 0) is 26.1 Å². The summed E-state index contributed by atoms with van der Waals surface area (Å²) >= 11 is 0. The highest BCUT2D eigenvalue weighted by Gasteiger charge is 2.36. The highest BCUT2D eigenvalue weighted by Crippen LogP contribution is 2.23. The molecule has 1 unspecified atom stereocenters. The Morgan fingerprint density at radius 3 is 2.76 bits per heavy atom. The van der Waals surface area contributed by atoms with Gasteiger partial charge in [0.05, 0.1) is 13.3 Å². The number of sulfonamides is 1. The molecule has 3 heterocycles. The molecule has 3 rings (SSSR count). The van der Waals surface area contributed by atoms with Crippen molar-refractivity contribution in [2.45, 2.75) is 23.9 Å². The minimum absolute atomic E-state index is 0. The summed E-state index contributed by atoms with van der Waals surface area (Å²) in [5.74, 6) is -0.470. The van der Waals surface area contributed by atoms with Crippen molar-refractivity contribution >= 4 is 28.4 Å². The van der Waals surface area contributed by atoms with Gasteiger partial charge >= 0.3 is 5.97 Å². The molecule has 0 amide bonds. The van der Waals surface area contributed by atoms with Gasteiger partial charge in [-0.3, -0.25) is 14.4 Å². The summed E-state index contributed by atoms with van der Waals surface area (Å²) in [5.41, 5.74) is 0. The molecule has 0 saturated carbocycles. The molecule has 0 aliphatic carbocycles. The largest absolute Gasteiger partial charge is 0.468 e. The van der Waals surface area contributed by atoms with Crippen LogP contribution >= 0.6 is 12.4 Å². The Bertz CT molecular complexity index is 689. The fraction of sp³-hybridized carbons (Fsp3) is 0.714. The number of esters is 1. The van der Waals surface area contributed by atoms with E-state index in [4.69, 9.17) is 0 Å². The quantitative estimate of drug-likeness (QED) is 0.650. The lowest BCUT2D eigenvalue weighted by molar-refractivity contribution is -0.141. The summed E-state index contributed by atoms with van der Waals surface area (Å²) in [6.07, 6.45) is 3.51. The van der Waals surface area contributed by atoms with Gasteiger partial charge < -0.3 is 10.1 Å². The molecule has 25 heavy (non-hydrogen) atoms. The number of carbonyl (C=O) groups is 1. The van der Waals surface area contributed by atoms with E-state index < -0.39 is 16.0 Å². The SMILES string of the molecule is COC(=O)Cn1cc(S(=O)(=O)N2CCC(N3CCNCC3)C2)cn1.Cl. The van der Waals surface area contributed by atoms with Crippen molar-refractivity contribution in [3.8, 4) is 0 Å². The molecule has 2 aliphatic rings. The molecule has 11 heteroatoms. The number of hydrogen-bond acceptors (Lipinski definition) is 7. The average molecular weight is 394 g/mol. The van der Waals surface area contributed by atoms with E-state index in [1.807, 2.05) is 0 Å². The molecule has 0 radical (unpaired) electrons. The molecule has 1 aromatic rings. The Kier molecular flexibility index (Phi) is 6.80. The van der Waals surface area contributed by atoms with Crippen molar-refractivity contribution in [2.24, 2.45) is 0 Å². The Morgan fingerprint density at radius 1 is 1.36 bits per heavy atom. The molecule has 1 atom stereocenters. The molecule has 0 aromatic carbocycles. The maximum absolute atomic E-state index is 12.8. The second-order valence-corrected chi connectivity index (χ2v) is 7.98. The van der Waals surface area contributed by atoms with Crippen LogP contribution in [-0.4, -0.2) is 85.8 Å². The van der Waals surface area contributed by atoms with Crippen LogP contribution in [0.3, 0.4) is 0 Å². The molecule has 2 fully saturated rings. The third-order valence-corrected chi connectivity index (χ3v) is 6.38. The van der Waals surface area contributed by atoms with E-state index in [1.165, 1.54) is 28.5 Å². The summed E-state index contributed by atoms with van der Waals surface area (Å²) in [5, 5.41) is 7.25. The number of piperazine rings is 1. The lowest BCUT2D eigenvalue weighted by Crippen LogP contribution is -2.49. The number of rotatable bonds is 5. The Hall–Kier alpha value is -1.20. The van der Waals surface area contributed by atoms with Gasteiger partial charge in [-0.1, -0.05) is 0 Å². The van der Waals surface area contributed by atoms with Crippen molar-refractivity contribution in [2.75, 3.05) is 46.4 Å². The van der Waals surface area contributed by atoms with Gasteiger partial charge in [0, 0.05) is 51.5 Å². The van der Waals surface area contributed by atoms with Crippen LogP contribution in [0.2, 0.25) is 0 Å². The Labute approximate surface area is 153 Å². The van der Waals surface area contributed by atoms with Crippen LogP contribution in [0, 0.1) is 0 Å². The molecule has 142 valence electrons. The normalized spacial score (nSPS) is 22.5. The molecule has 0 spiro atoms. The first kappa shape index (κ1) is 20.1. The lowest BCUT2D eigenvalue weighted by Gasteiger charge is -2.32. The molecule has 1 aromatic heterocycles. The van der Waals surface area contributed by atoms with Crippen LogP contribution in [0.15, 0.2) is 17.3 Å². The number of nitrogens with one attached hydrogen (secondary N) is 1. The topological polar surface area (TPSA) is 96.8 Å². The standard InChI is InChI=1S/C14H23N5O4S.ClH/c1-23-14(20)11-18-10-13(8-16-18)24(21,22)19-5-2-12(9-19)17-6-3-15-4-7-17;/h8,10,12,15H,2-7,9,11H2,1H3;1H. The zero-order chi connectivity index (χ0) is 17.2. The van der Waals surface area contributed by atoms with Gasteiger partial charge in [-0.2, -0.15) is 9.40 Å². The van der Waals surface area contributed by atoms with E-state index in [0.717, 1.165) is 32.6 Å². The van der Waals surface area contributed by atoms with Crippen LogP contribution in [0.25, 0.3) is 0 Å². The first-order valence-corrected chi connectivity index (χ1v) is 9.49. The Balaban J connectivity index is 0.00000225. The van der Waals surface area contributed by atoms with Crippen LogP contribution in [0.5, 0.6) is 0 Å². The molecule has 1 N–H and O–H groups in total. The van der Waals surface area contributed by atoms with Gasteiger partial charge in [0.1, 0.15) is 11.4 Å². The first-order chi connectivity index (χ1) is 11.5. The van der Waals surface area contributed by atoms with Crippen molar-refractivity contribution in [3.63, 3.8) is 0 Å². The van der Waals surface area contributed by atoms with E-state index in [-0.39, 0.29) is 29.9 Å². The molecule has 2 saturated heterocycles. The van der Waals surface area contributed by atoms with E-state index >= 15 is 0 Å². The highest BCUT2D eigenvalue weighted by atomic mass is 35.5. The van der Waals surface area contributed by atoms with Crippen LogP contribution in [0.4, 0.5) is 0 Å². The monoisotopic (exact) mass is 393 g/mol. The third-order valence-electron chi connectivity index (χ3n) is 4.56. The van der Waals surface area contributed by atoms with Crippen molar-refractivity contribution in [3.05, 3.63) is 12.4 Å². The number of hydrogen-bond donors (Lipinski definition) is 1. The average Bonchev–Trinajstić information content (AvgIpc) is 3.25. The maximum Gasteiger partial charge on any atom is 0.327 e. The molecular formula is C14H24ClN5O4S. The molecule has 2 aliphatic heterocycles. The Morgan fingerprint density at radius 2 is 2.08 bits per heavy atom. The third kappa shape index (κ3) is 4.50. The van der Waals surface area contributed by atoms with Gasteiger partial charge in [0.2, 0.25) is 10.0 Å². The highest BCUT2D eigenvalue weighted by molar-refractivity contribution is 7.89.